The first-order chi connectivity index (χ1) is 22.2. The van der Waals surface area contributed by atoms with Crippen LogP contribution in [0.2, 0.25) is 0 Å². The number of hydrogen-bond donors (Lipinski definition) is 2. The van der Waals surface area contributed by atoms with Gasteiger partial charge < -0.3 is 53.1 Å². The van der Waals surface area contributed by atoms with Gasteiger partial charge in [0, 0.05) is 13.2 Å². The molecule has 0 saturated heterocycles. The third-order valence-corrected chi connectivity index (χ3v) is 6.27. The van der Waals surface area contributed by atoms with Crippen LogP contribution >= 0.6 is 0 Å². The average Bonchev–Trinajstić information content (AvgIpc) is 3.02. The molecular formula is C32H63NO12. The normalized spacial score (nSPS) is 11.3. The van der Waals surface area contributed by atoms with Crippen LogP contribution in [0.3, 0.4) is 0 Å². The van der Waals surface area contributed by atoms with Gasteiger partial charge >= 0.3 is 5.97 Å². The molecule has 0 aliphatic heterocycles. The average molecular weight is 654 g/mol. The summed E-state index contributed by atoms with van der Waals surface area (Å²) in [7, 11) is 0. The molecule has 0 heterocycles. The summed E-state index contributed by atoms with van der Waals surface area (Å²) in [6.45, 7) is 9.96. The fourth-order valence-corrected chi connectivity index (χ4v) is 3.88. The molecule has 0 aromatic rings. The van der Waals surface area contributed by atoms with Crippen molar-refractivity contribution in [3.05, 3.63) is 0 Å². The summed E-state index contributed by atoms with van der Waals surface area (Å²) in [4.78, 5) is 21.6. The largest absolute Gasteiger partial charge is 0.480 e. The zero-order valence-corrected chi connectivity index (χ0v) is 27.9. The summed E-state index contributed by atoms with van der Waals surface area (Å²) in [5, 5.41) is 11.0. The Balaban J connectivity index is 3.08. The number of hydrogen-bond acceptors (Lipinski definition) is 11. The second-order valence-corrected chi connectivity index (χ2v) is 10.3. The van der Waals surface area contributed by atoms with Crippen LogP contribution in [0.15, 0.2) is 0 Å². The zero-order chi connectivity index (χ0) is 32.7. The van der Waals surface area contributed by atoms with Crippen LogP contribution in [0.1, 0.15) is 71.1 Å². The molecular weight excluding hydrogens is 590 g/mol. The van der Waals surface area contributed by atoms with Gasteiger partial charge in [-0.2, -0.15) is 0 Å². The van der Waals surface area contributed by atoms with Gasteiger partial charge in [0.05, 0.1) is 99.1 Å². The van der Waals surface area contributed by atoms with Crippen LogP contribution in [0.4, 0.5) is 0 Å². The first kappa shape index (κ1) is 43.6. The molecule has 0 bridgehead atoms. The summed E-state index contributed by atoms with van der Waals surface area (Å²) in [6, 6.07) is 0. The molecule has 0 aromatic heterocycles. The Morgan fingerprint density at radius 2 is 0.756 bits per heavy atom. The minimum atomic E-state index is -1.12. The van der Waals surface area contributed by atoms with Gasteiger partial charge in [0.1, 0.15) is 13.2 Å². The summed E-state index contributed by atoms with van der Waals surface area (Å²) in [6.07, 6.45) is 13.3. The summed E-state index contributed by atoms with van der Waals surface area (Å²) in [5.74, 6) is -1.51. The maximum Gasteiger partial charge on any atom is 0.329 e. The van der Waals surface area contributed by atoms with E-state index in [4.69, 9.17) is 43.0 Å². The smallest absolute Gasteiger partial charge is 0.329 e. The molecule has 0 saturated carbocycles. The molecule has 0 radical (unpaired) electrons. The Bertz CT molecular complexity index is 615. The van der Waals surface area contributed by atoms with Crippen molar-refractivity contribution in [3.8, 4) is 0 Å². The number of amides is 1. The molecule has 0 fully saturated rings. The highest BCUT2D eigenvalue weighted by molar-refractivity contribution is 5.77. The van der Waals surface area contributed by atoms with Crippen LogP contribution in [0.25, 0.3) is 0 Å². The molecule has 0 atom stereocenters. The van der Waals surface area contributed by atoms with Crippen molar-refractivity contribution in [2.75, 3.05) is 125 Å². The van der Waals surface area contributed by atoms with E-state index in [0.29, 0.717) is 106 Å². The topological polar surface area (TPSA) is 149 Å². The lowest BCUT2D eigenvalue weighted by Gasteiger charge is -2.09. The molecule has 268 valence electrons. The first-order valence-electron chi connectivity index (χ1n) is 16.8. The summed E-state index contributed by atoms with van der Waals surface area (Å²) >= 11 is 0. The summed E-state index contributed by atoms with van der Waals surface area (Å²) < 4.78 is 48.4. The van der Waals surface area contributed by atoms with E-state index in [1.54, 1.807) is 0 Å². The fraction of sp³-hybridized carbons (Fsp3) is 0.938. The SMILES string of the molecule is CCCCCCCCCCCCOCCOCCOCCOCCOCCOCCOCCOCCNC(=O)COCC(=O)O. The number of nitrogens with one attached hydrogen (secondary N) is 1. The fourth-order valence-electron chi connectivity index (χ4n) is 3.88. The molecule has 0 rings (SSSR count). The second-order valence-electron chi connectivity index (χ2n) is 10.3. The van der Waals surface area contributed by atoms with E-state index >= 15 is 0 Å². The van der Waals surface area contributed by atoms with Crippen molar-refractivity contribution >= 4 is 11.9 Å². The molecule has 13 nitrogen and oxygen atoms in total. The quantitative estimate of drug-likeness (QED) is 0.0938. The van der Waals surface area contributed by atoms with Crippen molar-refractivity contribution in [2.45, 2.75) is 71.1 Å². The number of carbonyl (C=O) groups is 2. The van der Waals surface area contributed by atoms with E-state index in [1.165, 1.54) is 57.8 Å². The Morgan fingerprint density at radius 1 is 0.422 bits per heavy atom. The Hall–Kier alpha value is -1.42. The molecule has 0 aliphatic carbocycles. The Labute approximate surface area is 271 Å². The third-order valence-electron chi connectivity index (χ3n) is 6.27. The third kappa shape index (κ3) is 40.6. The predicted octanol–water partition coefficient (Wildman–Crippen LogP) is 3.26. The highest BCUT2D eigenvalue weighted by Gasteiger charge is 2.03. The predicted molar refractivity (Wildman–Crippen MR) is 170 cm³/mol. The van der Waals surface area contributed by atoms with Gasteiger partial charge in [0.25, 0.3) is 0 Å². The van der Waals surface area contributed by atoms with Crippen molar-refractivity contribution in [3.63, 3.8) is 0 Å². The molecule has 1 amide bonds. The minimum Gasteiger partial charge on any atom is -0.480 e. The van der Waals surface area contributed by atoms with Crippen molar-refractivity contribution in [1.29, 1.82) is 0 Å². The number of carbonyl (C=O) groups excluding carboxylic acids is 1. The van der Waals surface area contributed by atoms with E-state index in [2.05, 4.69) is 17.0 Å². The molecule has 13 heteroatoms. The van der Waals surface area contributed by atoms with Crippen molar-refractivity contribution in [2.24, 2.45) is 0 Å². The standard InChI is InChI=1S/C32H63NO12/c1-2-3-4-5-6-7-8-9-10-11-13-37-15-17-39-19-21-41-23-25-43-27-28-44-26-24-42-22-20-40-18-16-38-14-12-33-31(34)29-45-30-32(35)36/h2-30H2,1H3,(H,33,34)(H,35,36). The number of rotatable bonds is 39. The first-order valence-corrected chi connectivity index (χ1v) is 16.8. The number of unbranched alkanes of at least 4 members (excludes halogenated alkanes) is 9. The highest BCUT2D eigenvalue weighted by Crippen LogP contribution is 2.10. The molecule has 2 N–H and O–H groups in total. The number of ether oxygens (including phenoxy) is 9. The van der Waals surface area contributed by atoms with Crippen molar-refractivity contribution < 1.29 is 57.3 Å². The lowest BCUT2D eigenvalue weighted by atomic mass is 10.1. The molecule has 0 unspecified atom stereocenters. The van der Waals surface area contributed by atoms with Gasteiger partial charge in [-0.25, -0.2) is 4.79 Å². The summed E-state index contributed by atoms with van der Waals surface area (Å²) in [5.41, 5.74) is 0. The minimum absolute atomic E-state index is 0.295. The number of carboxylic acid groups (broad SMARTS) is 1. The molecule has 0 spiro atoms. The lowest BCUT2D eigenvalue weighted by molar-refractivity contribution is -0.143. The zero-order valence-electron chi connectivity index (χ0n) is 27.9. The van der Waals surface area contributed by atoms with E-state index < -0.39 is 18.5 Å². The van der Waals surface area contributed by atoms with Gasteiger partial charge in [-0.3, -0.25) is 4.79 Å². The van der Waals surface area contributed by atoms with Crippen LogP contribution in [-0.2, 0) is 52.2 Å². The van der Waals surface area contributed by atoms with Crippen LogP contribution in [0, 0.1) is 0 Å². The van der Waals surface area contributed by atoms with Gasteiger partial charge in [0.2, 0.25) is 5.91 Å². The van der Waals surface area contributed by atoms with E-state index in [-0.39, 0.29) is 6.61 Å². The van der Waals surface area contributed by atoms with Gasteiger partial charge in [-0.15, -0.1) is 0 Å². The molecule has 45 heavy (non-hydrogen) atoms. The van der Waals surface area contributed by atoms with E-state index in [0.717, 1.165) is 13.0 Å². The second kappa shape index (κ2) is 38.8. The van der Waals surface area contributed by atoms with Crippen LogP contribution in [-0.4, -0.2) is 142 Å². The monoisotopic (exact) mass is 653 g/mol. The van der Waals surface area contributed by atoms with E-state index in [9.17, 15) is 9.59 Å². The highest BCUT2D eigenvalue weighted by atomic mass is 16.6. The molecule has 0 aliphatic rings. The van der Waals surface area contributed by atoms with Crippen molar-refractivity contribution in [1.82, 2.24) is 5.32 Å². The van der Waals surface area contributed by atoms with E-state index in [1.807, 2.05) is 0 Å². The van der Waals surface area contributed by atoms with Gasteiger partial charge in [-0.1, -0.05) is 64.7 Å². The van der Waals surface area contributed by atoms with Gasteiger partial charge in [0.15, 0.2) is 0 Å². The van der Waals surface area contributed by atoms with Gasteiger partial charge in [-0.05, 0) is 6.42 Å². The molecule has 0 aromatic carbocycles. The number of carboxylic acids is 1. The maximum atomic E-state index is 11.4. The maximum absolute atomic E-state index is 11.4. The Morgan fingerprint density at radius 3 is 1.13 bits per heavy atom. The van der Waals surface area contributed by atoms with Crippen LogP contribution < -0.4 is 5.32 Å². The Kier molecular flexibility index (Phi) is 37.5. The lowest BCUT2D eigenvalue weighted by Crippen LogP contribution is -2.31. The number of aliphatic carboxylic acids is 1. The van der Waals surface area contributed by atoms with Crippen LogP contribution in [0.5, 0.6) is 0 Å².